The second-order valence-corrected chi connectivity index (χ2v) is 2.59. The summed E-state index contributed by atoms with van der Waals surface area (Å²) in [5.41, 5.74) is 0. The molecule has 38 valence electrons. The van der Waals surface area contributed by atoms with Crippen molar-refractivity contribution in [3.63, 3.8) is 0 Å². The van der Waals surface area contributed by atoms with Gasteiger partial charge in [-0.1, -0.05) is 11.9 Å². The molecular weight excluding hydrogens is 114 g/mol. The van der Waals surface area contributed by atoms with E-state index in [1.807, 2.05) is 11.8 Å². The summed E-state index contributed by atoms with van der Waals surface area (Å²) < 4.78 is 0. The Morgan fingerprint density at radius 1 is 1.50 bits per heavy atom. The summed E-state index contributed by atoms with van der Waals surface area (Å²) in [5.74, 6) is 2.24. The molecule has 3 heteroatoms. The van der Waals surface area contributed by atoms with Crippen LogP contribution in [0, 0.1) is 0 Å². The first kappa shape index (κ1) is 6.66. The molecule has 0 heterocycles. The van der Waals surface area contributed by atoms with Crippen molar-refractivity contribution in [2.75, 3.05) is 17.8 Å². The van der Waals surface area contributed by atoms with Crippen LogP contribution in [-0.4, -0.2) is 17.8 Å². The van der Waals surface area contributed by atoms with Gasteiger partial charge in [-0.3, -0.25) is 5.14 Å². The third-order valence-electron chi connectivity index (χ3n) is 0.405. The van der Waals surface area contributed by atoms with Gasteiger partial charge in [0.2, 0.25) is 0 Å². The smallest absolute Gasteiger partial charge is 0.0167 e. The molecule has 0 amide bonds. The first-order valence-corrected chi connectivity index (χ1v) is 4.16. The summed E-state index contributed by atoms with van der Waals surface area (Å²) >= 11 is 3.23. The zero-order valence-electron chi connectivity index (χ0n) is 3.81. The standard InChI is InChI=1S/C3H9NS2/c1-5-2-3-6-4/h2-4H2,1H3. The second-order valence-electron chi connectivity index (χ2n) is 0.864. The quantitative estimate of drug-likeness (QED) is 0.447. The molecule has 0 aromatic heterocycles. The van der Waals surface area contributed by atoms with Gasteiger partial charge in [0.1, 0.15) is 0 Å². The van der Waals surface area contributed by atoms with E-state index < -0.39 is 0 Å². The molecule has 0 aliphatic rings. The highest BCUT2D eigenvalue weighted by atomic mass is 32.2. The maximum atomic E-state index is 5.12. The molecule has 0 aromatic rings. The number of rotatable bonds is 3. The molecule has 0 atom stereocenters. The van der Waals surface area contributed by atoms with Crippen LogP contribution >= 0.6 is 23.7 Å². The third-order valence-corrected chi connectivity index (χ3v) is 1.72. The Morgan fingerprint density at radius 3 is 2.33 bits per heavy atom. The van der Waals surface area contributed by atoms with Gasteiger partial charge >= 0.3 is 0 Å². The topological polar surface area (TPSA) is 26.0 Å². The average molecular weight is 123 g/mol. The zero-order chi connectivity index (χ0) is 4.83. The van der Waals surface area contributed by atoms with Crippen LogP contribution in [0.5, 0.6) is 0 Å². The van der Waals surface area contributed by atoms with E-state index in [-0.39, 0.29) is 0 Å². The zero-order valence-corrected chi connectivity index (χ0v) is 5.44. The molecule has 0 aliphatic heterocycles. The van der Waals surface area contributed by atoms with E-state index >= 15 is 0 Å². The molecule has 2 N–H and O–H groups in total. The van der Waals surface area contributed by atoms with E-state index in [0.29, 0.717) is 0 Å². The highest BCUT2D eigenvalue weighted by Crippen LogP contribution is 1.94. The fourth-order valence-electron chi connectivity index (χ4n) is 0.131. The lowest BCUT2D eigenvalue weighted by Gasteiger charge is -1.86. The van der Waals surface area contributed by atoms with E-state index in [9.17, 15) is 0 Å². The number of hydrogen-bond acceptors (Lipinski definition) is 3. The molecule has 0 spiro atoms. The maximum absolute atomic E-state index is 5.12. The van der Waals surface area contributed by atoms with Crippen molar-refractivity contribution in [1.82, 2.24) is 0 Å². The fourth-order valence-corrected chi connectivity index (χ4v) is 1.18. The van der Waals surface area contributed by atoms with Crippen molar-refractivity contribution < 1.29 is 0 Å². The van der Waals surface area contributed by atoms with Crippen molar-refractivity contribution >= 4 is 23.7 Å². The Morgan fingerprint density at radius 2 is 2.17 bits per heavy atom. The van der Waals surface area contributed by atoms with Crippen molar-refractivity contribution in [1.29, 1.82) is 0 Å². The minimum Gasteiger partial charge on any atom is -0.278 e. The van der Waals surface area contributed by atoms with Gasteiger partial charge in [-0.2, -0.15) is 11.8 Å². The Labute approximate surface area is 47.2 Å². The summed E-state index contributed by atoms with van der Waals surface area (Å²) in [6, 6.07) is 0. The van der Waals surface area contributed by atoms with Crippen LogP contribution in [0.15, 0.2) is 0 Å². The van der Waals surface area contributed by atoms with E-state index in [2.05, 4.69) is 6.26 Å². The highest BCUT2D eigenvalue weighted by molar-refractivity contribution is 8.01. The lowest BCUT2D eigenvalue weighted by Crippen LogP contribution is -1.86. The number of hydrogen-bond donors (Lipinski definition) is 1. The molecule has 0 unspecified atom stereocenters. The van der Waals surface area contributed by atoms with Gasteiger partial charge < -0.3 is 0 Å². The maximum Gasteiger partial charge on any atom is 0.0167 e. The molecular formula is C3H9NS2. The van der Waals surface area contributed by atoms with Crippen LogP contribution in [0.2, 0.25) is 0 Å². The highest BCUT2D eigenvalue weighted by Gasteiger charge is 1.75. The Balaban J connectivity index is 2.34. The van der Waals surface area contributed by atoms with Crippen molar-refractivity contribution in [3.8, 4) is 0 Å². The van der Waals surface area contributed by atoms with Crippen LogP contribution in [0.4, 0.5) is 0 Å². The Kier molecular flexibility index (Phi) is 6.28. The first-order valence-electron chi connectivity index (χ1n) is 1.72. The van der Waals surface area contributed by atoms with E-state index in [4.69, 9.17) is 5.14 Å². The van der Waals surface area contributed by atoms with E-state index in [1.54, 1.807) is 0 Å². The van der Waals surface area contributed by atoms with Crippen LogP contribution in [0.1, 0.15) is 0 Å². The Hall–Kier alpha value is 0.660. The van der Waals surface area contributed by atoms with E-state index in [0.717, 1.165) is 5.75 Å². The molecule has 0 fully saturated rings. The predicted molar refractivity (Wildman–Crippen MR) is 35.0 cm³/mol. The normalized spacial score (nSPS) is 9.00. The molecule has 0 rings (SSSR count). The molecule has 0 aromatic carbocycles. The summed E-state index contributed by atoms with van der Waals surface area (Å²) in [7, 11) is 0. The first-order chi connectivity index (χ1) is 2.91. The van der Waals surface area contributed by atoms with Gasteiger partial charge in [-0.05, 0) is 6.26 Å². The van der Waals surface area contributed by atoms with Gasteiger partial charge in [0.25, 0.3) is 0 Å². The summed E-state index contributed by atoms with van der Waals surface area (Å²) in [5, 5.41) is 5.12. The van der Waals surface area contributed by atoms with Crippen molar-refractivity contribution in [2.24, 2.45) is 5.14 Å². The third kappa shape index (κ3) is 4.66. The van der Waals surface area contributed by atoms with E-state index in [1.165, 1.54) is 17.7 Å². The summed E-state index contributed by atoms with van der Waals surface area (Å²) in [4.78, 5) is 0. The largest absolute Gasteiger partial charge is 0.278 e. The molecule has 0 bridgehead atoms. The minimum atomic E-state index is 1.07. The molecule has 0 saturated carbocycles. The van der Waals surface area contributed by atoms with Gasteiger partial charge in [0.15, 0.2) is 0 Å². The molecule has 0 saturated heterocycles. The van der Waals surface area contributed by atoms with Crippen LogP contribution in [0.25, 0.3) is 0 Å². The summed E-state index contributed by atoms with van der Waals surface area (Å²) in [6.45, 7) is 0. The fraction of sp³-hybridized carbons (Fsp3) is 1.00. The Bertz CT molecular complexity index is 20.8. The van der Waals surface area contributed by atoms with Gasteiger partial charge in [0, 0.05) is 11.5 Å². The number of thioether (sulfide) groups is 1. The van der Waals surface area contributed by atoms with Gasteiger partial charge in [-0.25, -0.2) is 0 Å². The lowest BCUT2D eigenvalue weighted by atomic mass is 11.0. The monoisotopic (exact) mass is 123 g/mol. The van der Waals surface area contributed by atoms with Crippen LogP contribution in [-0.2, 0) is 0 Å². The minimum absolute atomic E-state index is 1.07. The molecule has 6 heavy (non-hydrogen) atoms. The average Bonchev–Trinajstić information content (AvgIpc) is 1.61. The van der Waals surface area contributed by atoms with Crippen molar-refractivity contribution in [2.45, 2.75) is 0 Å². The lowest BCUT2D eigenvalue weighted by molar-refractivity contribution is 1.55. The van der Waals surface area contributed by atoms with Crippen LogP contribution < -0.4 is 5.14 Å². The van der Waals surface area contributed by atoms with Gasteiger partial charge in [-0.15, -0.1) is 0 Å². The van der Waals surface area contributed by atoms with Gasteiger partial charge in [0.05, 0.1) is 0 Å². The predicted octanol–water partition coefficient (Wildman–Crippen LogP) is 0.956. The molecule has 1 nitrogen and oxygen atoms in total. The molecule has 0 radical (unpaired) electrons. The van der Waals surface area contributed by atoms with Crippen molar-refractivity contribution in [3.05, 3.63) is 0 Å². The van der Waals surface area contributed by atoms with Crippen LogP contribution in [0.3, 0.4) is 0 Å². The molecule has 0 aliphatic carbocycles. The SMILES string of the molecule is CSCCSN. The summed E-state index contributed by atoms with van der Waals surface area (Å²) in [6.07, 6.45) is 2.08. The number of nitrogens with two attached hydrogens (primary N) is 1. The second kappa shape index (κ2) is 5.66.